The summed E-state index contributed by atoms with van der Waals surface area (Å²) in [7, 11) is 3.13. The number of methoxy groups -OCH3 is 1. The molecule has 0 aliphatic rings. The number of rotatable bonds is 3. The molecule has 18 heavy (non-hydrogen) atoms. The maximum atomic E-state index is 10.9. The molecule has 0 amide bonds. The first-order valence-electron chi connectivity index (χ1n) is 5.17. The van der Waals surface area contributed by atoms with Crippen molar-refractivity contribution in [2.75, 3.05) is 7.11 Å². The Morgan fingerprint density at radius 2 is 2.11 bits per heavy atom. The Bertz CT molecular complexity index is 604. The normalized spacial score (nSPS) is 10.3. The molecule has 0 bridgehead atoms. The monoisotopic (exact) mass is 248 g/mol. The van der Waals surface area contributed by atoms with Crippen LogP contribution in [0.25, 0.3) is 11.3 Å². The number of hydrogen-bond donors (Lipinski definition) is 2. The fraction of sp³-hybridized carbons (Fsp3) is 0.167. The van der Waals surface area contributed by atoms with Crippen LogP contribution in [0.4, 0.5) is 0 Å². The summed E-state index contributed by atoms with van der Waals surface area (Å²) in [6.45, 7) is 0. The zero-order valence-corrected chi connectivity index (χ0v) is 9.91. The Morgan fingerprint density at radius 3 is 2.67 bits per heavy atom. The van der Waals surface area contributed by atoms with Gasteiger partial charge < -0.3 is 14.9 Å². The number of aromatic nitrogens is 2. The van der Waals surface area contributed by atoms with Crippen LogP contribution in [0.15, 0.2) is 24.3 Å². The molecule has 0 unspecified atom stereocenters. The predicted octanol–water partition coefficient (Wildman–Crippen LogP) is 1.50. The second-order valence-corrected chi connectivity index (χ2v) is 3.73. The molecule has 0 saturated heterocycles. The Hall–Kier alpha value is -2.50. The van der Waals surface area contributed by atoms with Crippen LogP contribution in [-0.4, -0.2) is 33.1 Å². The second kappa shape index (κ2) is 4.40. The van der Waals surface area contributed by atoms with Gasteiger partial charge >= 0.3 is 5.97 Å². The number of phenols is 1. The SMILES string of the molecule is COc1cc(O)ccc1-c1cc(C(=O)O)nn1C. The molecule has 2 aromatic rings. The predicted molar refractivity (Wildman–Crippen MR) is 63.8 cm³/mol. The quantitative estimate of drug-likeness (QED) is 0.859. The lowest BCUT2D eigenvalue weighted by molar-refractivity contribution is 0.0689. The lowest BCUT2D eigenvalue weighted by Crippen LogP contribution is -1.99. The molecule has 1 heterocycles. The van der Waals surface area contributed by atoms with E-state index in [4.69, 9.17) is 9.84 Å². The molecular formula is C12H12N2O4. The molecule has 0 saturated carbocycles. The Kier molecular flexibility index (Phi) is 2.93. The maximum absolute atomic E-state index is 10.9. The molecule has 0 aliphatic heterocycles. The highest BCUT2D eigenvalue weighted by molar-refractivity contribution is 5.87. The van der Waals surface area contributed by atoms with E-state index in [1.807, 2.05) is 0 Å². The molecule has 0 spiro atoms. The topological polar surface area (TPSA) is 84.6 Å². The summed E-state index contributed by atoms with van der Waals surface area (Å²) in [6, 6.07) is 6.07. The van der Waals surface area contributed by atoms with Gasteiger partial charge in [0.15, 0.2) is 5.69 Å². The molecule has 1 aromatic carbocycles. The molecule has 1 aromatic heterocycles. The fourth-order valence-corrected chi connectivity index (χ4v) is 1.72. The molecule has 94 valence electrons. The summed E-state index contributed by atoms with van der Waals surface area (Å²) in [5.74, 6) is -0.555. The average Bonchev–Trinajstić information content (AvgIpc) is 2.71. The van der Waals surface area contributed by atoms with Gasteiger partial charge in [-0.15, -0.1) is 0 Å². The summed E-state index contributed by atoms with van der Waals surface area (Å²) < 4.78 is 6.61. The molecule has 0 aliphatic carbocycles. The fourth-order valence-electron chi connectivity index (χ4n) is 1.72. The zero-order valence-electron chi connectivity index (χ0n) is 9.91. The maximum Gasteiger partial charge on any atom is 0.356 e. The van der Waals surface area contributed by atoms with E-state index < -0.39 is 5.97 Å². The van der Waals surface area contributed by atoms with Crippen LogP contribution in [0, 0.1) is 0 Å². The molecule has 6 nitrogen and oxygen atoms in total. The minimum atomic E-state index is -1.09. The number of ether oxygens (including phenoxy) is 1. The highest BCUT2D eigenvalue weighted by atomic mass is 16.5. The van der Waals surface area contributed by atoms with Crippen LogP contribution >= 0.6 is 0 Å². The third-order valence-electron chi connectivity index (χ3n) is 2.56. The smallest absolute Gasteiger partial charge is 0.356 e. The highest BCUT2D eigenvalue weighted by Crippen LogP contribution is 2.32. The van der Waals surface area contributed by atoms with E-state index in [0.29, 0.717) is 17.0 Å². The minimum absolute atomic E-state index is 0.0392. The summed E-state index contributed by atoms with van der Waals surface area (Å²) >= 11 is 0. The van der Waals surface area contributed by atoms with E-state index in [1.54, 1.807) is 13.1 Å². The molecule has 0 fully saturated rings. The second-order valence-electron chi connectivity index (χ2n) is 3.73. The van der Waals surface area contributed by atoms with Gasteiger partial charge in [-0.25, -0.2) is 4.79 Å². The first kappa shape index (κ1) is 12.0. The van der Waals surface area contributed by atoms with E-state index in [0.717, 1.165) is 0 Å². The van der Waals surface area contributed by atoms with Gasteiger partial charge in [0, 0.05) is 18.7 Å². The van der Waals surface area contributed by atoms with E-state index in [2.05, 4.69) is 5.10 Å². The summed E-state index contributed by atoms with van der Waals surface area (Å²) in [4.78, 5) is 10.9. The van der Waals surface area contributed by atoms with Gasteiger partial charge in [-0.2, -0.15) is 5.10 Å². The van der Waals surface area contributed by atoms with Gasteiger partial charge in [0.05, 0.1) is 12.8 Å². The number of aromatic carboxylic acids is 1. The lowest BCUT2D eigenvalue weighted by atomic mass is 10.1. The van der Waals surface area contributed by atoms with Gasteiger partial charge in [-0.3, -0.25) is 4.68 Å². The third kappa shape index (κ3) is 2.00. The number of hydrogen-bond acceptors (Lipinski definition) is 4. The molecule has 0 atom stereocenters. The average molecular weight is 248 g/mol. The molecular weight excluding hydrogens is 236 g/mol. The minimum Gasteiger partial charge on any atom is -0.508 e. The Morgan fingerprint density at radius 1 is 1.39 bits per heavy atom. The van der Waals surface area contributed by atoms with Crippen molar-refractivity contribution in [3.05, 3.63) is 30.0 Å². The van der Waals surface area contributed by atoms with Crippen molar-refractivity contribution in [2.24, 2.45) is 7.05 Å². The summed E-state index contributed by atoms with van der Waals surface area (Å²) in [5.41, 5.74) is 1.23. The lowest BCUT2D eigenvalue weighted by Gasteiger charge is -2.08. The van der Waals surface area contributed by atoms with Crippen LogP contribution in [0.2, 0.25) is 0 Å². The van der Waals surface area contributed by atoms with Crippen molar-refractivity contribution >= 4 is 5.97 Å². The number of carbonyl (C=O) groups is 1. The van der Waals surface area contributed by atoms with Gasteiger partial charge in [0.25, 0.3) is 0 Å². The third-order valence-corrected chi connectivity index (χ3v) is 2.56. The zero-order chi connectivity index (χ0) is 13.3. The van der Waals surface area contributed by atoms with Crippen LogP contribution in [0.5, 0.6) is 11.5 Å². The number of carboxylic acids is 1. The number of carboxylic acid groups (broad SMARTS) is 1. The van der Waals surface area contributed by atoms with Crippen molar-refractivity contribution in [2.45, 2.75) is 0 Å². The Balaban J connectivity index is 2.58. The number of aromatic hydroxyl groups is 1. The largest absolute Gasteiger partial charge is 0.508 e. The number of benzene rings is 1. The van der Waals surface area contributed by atoms with Crippen molar-refractivity contribution in [3.63, 3.8) is 0 Å². The van der Waals surface area contributed by atoms with Gasteiger partial charge in [-0.1, -0.05) is 0 Å². The van der Waals surface area contributed by atoms with E-state index in [1.165, 1.54) is 30.0 Å². The van der Waals surface area contributed by atoms with Crippen LogP contribution < -0.4 is 4.74 Å². The first-order chi connectivity index (χ1) is 8.52. The van der Waals surface area contributed by atoms with Gasteiger partial charge in [-0.05, 0) is 18.2 Å². The number of aryl methyl sites for hydroxylation is 1. The highest BCUT2D eigenvalue weighted by Gasteiger charge is 2.15. The summed E-state index contributed by atoms with van der Waals surface area (Å²) in [6.07, 6.45) is 0. The van der Waals surface area contributed by atoms with E-state index >= 15 is 0 Å². The van der Waals surface area contributed by atoms with Crippen molar-refractivity contribution in [1.29, 1.82) is 0 Å². The number of nitrogens with zero attached hydrogens (tertiary/aromatic N) is 2. The standard InChI is InChI=1S/C12H12N2O4/c1-14-10(6-9(13-14)12(16)17)8-4-3-7(15)5-11(8)18-2/h3-6,15H,1-2H3,(H,16,17). The van der Waals surface area contributed by atoms with Crippen LogP contribution in [-0.2, 0) is 7.05 Å². The molecule has 2 rings (SSSR count). The van der Waals surface area contributed by atoms with E-state index in [-0.39, 0.29) is 11.4 Å². The Labute approximate surface area is 103 Å². The van der Waals surface area contributed by atoms with Crippen LogP contribution in [0.1, 0.15) is 10.5 Å². The number of phenolic OH excluding ortho intramolecular Hbond substituents is 1. The molecule has 6 heteroatoms. The molecule has 0 radical (unpaired) electrons. The molecule has 2 N–H and O–H groups in total. The van der Waals surface area contributed by atoms with Crippen LogP contribution in [0.3, 0.4) is 0 Å². The van der Waals surface area contributed by atoms with Gasteiger partial charge in [0.2, 0.25) is 0 Å². The van der Waals surface area contributed by atoms with Crippen molar-refractivity contribution < 1.29 is 19.7 Å². The van der Waals surface area contributed by atoms with E-state index in [9.17, 15) is 9.90 Å². The van der Waals surface area contributed by atoms with Crippen molar-refractivity contribution in [1.82, 2.24) is 9.78 Å². The summed E-state index contributed by atoms with van der Waals surface area (Å²) in [5, 5.41) is 22.2. The first-order valence-corrected chi connectivity index (χ1v) is 5.17. The van der Waals surface area contributed by atoms with Crippen molar-refractivity contribution in [3.8, 4) is 22.8 Å². The van der Waals surface area contributed by atoms with Gasteiger partial charge in [0.1, 0.15) is 11.5 Å².